The molecule has 0 spiro atoms. The SMILES string of the molecule is COc1ccc2c(O[C@H]3C[C@H]4C(=O)N[C@@]5(C(=O)NS(=O)(=O)C6CC6)CC5/C=C\CCCCCC(OC(=O)NC(C)(C)C)C(=O)N4C3)cc(-c3nc(C(C)C)cs3)nc2c1C. The molecule has 0 radical (unpaired) electrons. The quantitative estimate of drug-likeness (QED) is 0.212. The van der Waals surface area contributed by atoms with Crippen LogP contribution in [0.3, 0.4) is 0 Å². The van der Waals surface area contributed by atoms with E-state index in [4.69, 9.17) is 24.2 Å². The molecule has 1 saturated heterocycles. The van der Waals surface area contributed by atoms with Crippen molar-refractivity contribution in [2.45, 2.75) is 140 Å². The second-order valence-corrected chi connectivity index (χ2v) is 20.6. The molecule has 4 heterocycles. The number of ether oxygens (including phenoxy) is 3. The normalized spacial score (nSPS) is 25.6. The van der Waals surface area contributed by atoms with Gasteiger partial charge in [0.05, 0.1) is 30.1 Å². The third kappa shape index (κ3) is 9.41. The number of carbonyl (C=O) groups excluding carboxylic acids is 4. The van der Waals surface area contributed by atoms with Gasteiger partial charge in [0, 0.05) is 40.3 Å². The van der Waals surface area contributed by atoms with Crippen LogP contribution in [0.2, 0.25) is 0 Å². The fourth-order valence-electron chi connectivity index (χ4n) is 7.91. The van der Waals surface area contributed by atoms with Gasteiger partial charge in [0.2, 0.25) is 15.9 Å². The molecule has 2 saturated carbocycles. The Labute approximate surface area is 355 Å². The number of pyridine rings is 1. The Bertz CT molecular complexity index is 2300. The van der Waals surface area contributed by atoms with E-state index in [-0.39, 0.29) is 31.7 Å². The van der Waals surface area contributed by atoms with E-state index in [0.29, 0.717) is 58.8 Å². The molecule has 1 aromatic carbocycles. The zero-order valence-corrected chi connectivity index (χ0v) is 37.0. The van der Waals surface area contributed by atoms with E-state index in [9.17, 15) is 27.6 Å². The maximum absolute atomic E-state index is 14.7. The summed E-state index contributed by atoms with van der Waals surface area (Å²) in [4.78, 5) is 67.5. The van der Waals surface area contributed by atoms with Gasteiger partial charge in [-0.15, -0.1) is 11.3 Å². The van der Waals surface area contributed by atoms with Crippen LogP contribution in [0.4, 0.5) is 4.79 Å². The van der Waals surface area contributed by atoms with Gasteiger partial charge in [-0.25, -0.2) is 23.2 Å². The van der Waals surface area contributed by atoms with Crippen LogP contribution in [0.15, 0.2) is 35.7 Å². The summed E-state index contributed by atoms with van der Waals surface area (Å²) < 4.78 is 46.4. The van der Waals surface area contributed by atoms with Gasteiger partial charge in [0.15, 0.2) is 6.10 Å². The summed E-state index contributed by atoms with van der Waals surface area (Å²) in [6, 6.07) is 4.36. The van der Waals surface area contributed by atoms with E-state index in [1.165, 1.54) is 16.2 Å². The molecule has 324 valence electrons. The zero-order valence-electron chi connectivity index (χ0n) is 35.3. The molecule has 2 aliphatic heterocycles. The molecule has 17 heteroatoms. The topological polar surface area (TPSA) is 195 Å². The smallest absolute Gasteiger partial charge is 0.408 e. The summed E-state index contributed by atoms with van der Waals surface area (Å²) in [5, 5.41) is 8.44. The highest BCUT2D eigenvalue weighted by Gasteiger charge is 2.62. The van der Waals surface area contributed by atoms with Gasteiger partial charge >= 0.3 is 6.09 Å². The van der Waals surface area contributed by atoms with Gasteiger partial charge in [-0.05, 0) is 90.7 Å². The summed E-state index contributed by atoms with van der Waals surface area (Å²) in [5.41, 5.74) is 0.807. The minimum Gasteiger partial charge on any atom is -0.496 e. The number of fused-ring (bicyclic) bond motifs is 3. The first-order valence-electron chi connectivity index (χ1n) is 20.8. The van der Waals surface area contributed by atoms with Crippen LogP contribution in [0, 0.1) is 12.8 Å². The van der Waals surface area contributed by atoms with Crippen LogP contribution in [0.1, 0.15) is 110 Å². The van der Waals surface area contributed by atoms with E-state index >= 15 is 0 Å². The molecule has 4 aliphatic rings. The van der Waals surface area contributed by atoms with E-state index in [1.807, 2.05) is 42.7 Å². The summed E-state index contributed by atoms with van der Waals surface area (Å²) >= 11 is 1.47. The van der Waals surface area contributed by atoms with E-state index in [2.05, 4.69) is 29.2 Å². The minimum absolute atomic E-state index is 0.0279. The fraction of sp³-hybridized carbons (Fsp3) is 0.581. The predicted molar refractivity (Wildman–Crippen MR) is 227 cm³/mol. The molecule has 3 fully saturated rings. The van der Waals surface area contributed by atoms with E-state index < -0.39 is 74.3 Å². The number of hydrogen-bond donors (Lipinski definition) is 3. The second-order valence-electron chi connectivity index (χ2n) is 17.8. The zero-order chi connectivity index (χ0) is 43.1. The van der Waals surface area contributed by atoms with Crippen molar-refractivity contribution in [3.8, 4) is 22.2 Å². The van der Waals surface area contributed by atoms with Crippen molar-refractivity contribution in [1.29, 1.82) is 0 Å². The number of thiazole rings is 1. The molecule has 4 amide bonds. The number of aryl methyl sites for hydroxylation is 1. The molecular weight excluding hydrogens is 809 g/mol. The number of sulfonamides is 1. The number of methoxy groups -OCH3 is 1. The Morgan fingerprint density at radius 1 is 1.07 bits per heavy atom. The molecule has 0 bridgehead atoms. The predicted octanol–water partition coefficient (Wildman–Crippen LogP) is 6.04. The van der Waals surface area contributed by atoms with Crippen LogP contribution in [-0.4, -0.2) is 95.3 Å². The van der Waals surface area contributed by atoms with Crippen molar-refractivity contribution >= 4 is 56.1 Å². The van der Waals surface area contributed by atoms with Gasteiger partial charge in [0.1, 0.15) is 39.9 Å². The first kappa shape index (κ1) is 43.3. The first-order chi connectivity index (χ1) is 28.4. The number of nitrogens with one attached hydrogen (secondary N) is 3. The maximum atomic E-state index is 14.7. The van der Waals surface area contributed by atoms with Crippen LogP contribution in [-0.2, 0) is 29.1 Å². The number of hydrogen-bond acceptors (Lipinski definition) is 12. The number of amides is 4. The Kier molecular flexibility index (Phi) is 12.2. The van der Waals surface area contributed by atoms with Crippen LogP contribution < -0.4 is 24.8 Å². The van der Waals surface area contributed by atoms with E-state index in [1.54, 1.807) is 27.9 Å². The van der Waals surface area contributed by atoms with Crippen molar-refractivity contribution in [2.75, 3.05) is 13.7 Å². The van der Waals surface area contributed by atoms with Crippen molar-refractivity contribution in [1.82, 2.24) is 30.2 Å². The molecular formula is C43H56N6O9S2. The van der Waals surface area contributed by atoms with Crippen molar-refractivity contribution in [3.63, 3.8) is 0 Å². The van der Waals surface area contributed by atoms with Crippen LogP contribution in [0.5, 0.6) is 11.5 Å². The van der Waals surface area contributed by atoms with Crippen molar-refractivity contribution in [2.24, 2.45) is 5.92 Å². The molecule has 3 aromatic rings. The fourth-order valence-corrected chi connectivity index (χ4v) is 10.2. The number of aromatic nitrogens is 2. The van der Waals surface area contributed by atoms with E-state index in [0.717, 1.165) is 24.1 Å². The number of allylic oxidation sites excluding steroid dienone is 1. The third-order valence-electron chi connectivity index (χ3n) is 11.5. The third-order valence-corrected chi connectivity index (χ3v) is 14.2. The Balaban J connectivity index is 1.25. The molecule has 5 atom stereocenters. The Hall–Kier alpha value is -4.77. The minimum atomic E-state index is -3.92. The van der Waals surface area contributed by atoms with Gasteiger partial charge in [-0.1, -0.05) is 32.4 Å². The summed E-state index contributed by atoms with van der Waals surface area (Å²) in [5.74, 6) is -1.12. The number of benzene rings is 1. The maximum Gasteiger partial charge on any atom is 0.408 e. The standard InChI is InChI=1S/C43H56N6O9S2/c1-24(2)31-23-59-38(45-31)30-20-35(29-17-18-33(56-7)25(3)36(29)44-30)57-27-19-32-37(50)46-43(40(52)48-60(54,55)28-15-16-28)21-26(43)13-11-9-8-10-12-14-34(39(51)49(32)22-27)58-41(53)47-42(4,5)6/h11,13,17-18,20,23-24,26-28,32,34H,8-10,12,14-16,19,21-22H2,1-7H3,(H,46,50)(H,47,53)(H,48,52)/b13-11-/t26?,27-,32-,34?,43-/m0/s1. The monoisotopic (exact) mass is 864 g/mol. The average molecular weight is 865 g/mol. The Morgan fingerprint density at radius 3 is 2.52 bits per heavy atom. The summed E-state index contributed by atoms with van der Waals surface area (Å²) in [6.07, 6.45) is 5.28. The molecule has 2 aliphatic carbocycles. The van der Waals surface area contributed by atoms with Crippen LogP contribution in [0.25, 0.3) is 21.6 Å². The number of rotatable bonds is 9. The average Bonchev–Trinajstić information content (AvgIpc) is 4.05. The molecule has 15 nitrogen and oxygen atoms in total. The van der Waals surface area contributed by atoms with Gasteiger partial charge in [0.25, 0.3) is 11.8 Å². The number of carbonyl (C=O) groups is 4. The number of alkyl carbamates (subject to hydrolysis) is 1. The highest BCUT2D eigenvalue weighted by molar-refractivity contribution is 7.91. The van der Waals surface area contributed by atoms with Crippen molar-refractivity contribution in [3.05, 3.63) is 47.0 Å². The summed E-state index contributed by atoms with van der Waals surface area (Å²) in [6.45, 7) is 11.4. The Morgan fingerprint density at radius 2 is 1.83 bits per heavy atom. The summed E-state index contributed by atoms with van der Waals surface area (Å²) in [7, 11) is -2.32. The number of nitrogens with zero attached hydrogens (tertiary/aromatic N) is 3. The van der Waals surface area contributed by atoms with Gasteiger partial charge < -0.3 is 29.7 Å². The highest BCUT2D eigenvalue weighted by Crippen LogP contribution is 2.46. The van der Waals surface area contributed by atoms with Crippen LogP contribution >= 0.6 is 11.3 Å². The second kappa shape index (κ2) is 16.9. The van der Waals surface area contributed by atoms with Gasteiger partial charge in [-0.2, -0.15) is 0 Å². The van der Waals surface area contributed by atoms with Crippen molar-refractivity contribution < 1.29 is 41.8 Å². The molecule has 3 N–H and O–H groups in total. The molecule has 60 heavy (non-hydrogen) atoms. The lowest BCUT2D eigenvalue weighted by Crippen LogP contribution is -2.57. The lowest BCUT2D eigenvalue weighted by atomic mass is 10.1. The van der Waals surface area contributed by atoms with Gasteiger partial charge in [-0.3, -0.25) is 19.1 Å². The lowest BCUT2D eigenvalue weighted by Gasteiger charge is -2.30. The highest BCUT2D eigenvalue weighted by atomic mass is 32.2. The largest absolute Gasteiger partial charge is 0.496 e. The molecule has 7 rings (SSSR count). The molecule has 2 aromatic heterocycles. The lowest BCUT2D eigenvalue weighted by molar-refractivity contribution is -0.146. The molecule has 2 unspecified atom stereocenters. The first-order valence-corrected chi connectivity index (χ1v) is 23.3.